The molecule has 0 aliphatic carbocycles. The molecule has 10 N–H and O–H groups in total. The van der Waals surface area contributed by atoms with Crippen LogP contribution in [0.15, 0.2) is 0 Å². The van der Waals surface area contributed by atoms with Crippen LogP contribution in [0.5, 0.6) is 0 Å². The van der Waals surface area contributed by atoms with Gasteiger partial charge in [0.05, 0.1) is 19.3 Å². The van der Waals surface area contributed by atoms with Gasteiger partial charge in [-0.25, -0.2) is 0 Å². The summed E-state index contributed by atoms with van der Waals surface area (Å²) in [6.07, 6.45) is -24.1. The van der Waals surface area contributed by atoms with Gasteiger partial charge in [-0.3, -0.25) is 0 Å². The van der Waals surface area contributed by atoms with Crippen molar-refractivity contribution in [1.82, 2.24) is 0 Å². The van der Waals surface area contributed by atoms with Crippen molar-refractivity contribution >= 4 is 6.29 Å². The van der Waals surface area contributed by atoms with Gasteiger partial charge in [0.1, 0.15) is 67.1 Å². The second-order valence-electron chi connectivity index (χ2n) is 7.96. The number of rotatable bonds is 10. The van der Waals surface area contributed by atoms with Crippen LogP contribution in [0.25, 0.3) is 0 Å². The van der Waals surface area contributed by atoms with Crippen LogP contribution in [-0.4, -0.2) is 156 Å². The molecule has 2 rings (SSSR count). The second kappa shape index (κ2) is 12.2. The van der Waals surface area contributed by atoms with Crippen LogP contribution in [-0.2, 0) is 23.7 Å². The number of ether oxygens (including phenoxy) is 4. The predicted octanol–water partition coefficient (Wildman–Crippen LogP) is -6.70. The van der Waals surface area contributed by atoms with E-state index in [-0.39, 0.29) is 6.29 Å². The van der Waals surface area contributed by atoms with E-state index >= 15 is 0 Å². The van der Waals surface area contributed by atoms with Crippen LogP contribution in [0.2, 0.25) is 0 Å². The Kier molecular flexibility index (Phi) is 10.5. The molecular formula is C18H32O15. The van der Waals surface area contributed by atoms with Crippen molar-refractivity contribution in [3.63, 3.8) is 0 Å². The van der Waals surface area contributed by atoms with E-state index in [4.69, 9.17) is 18.9 Å². The first kappa shape index (κ1) is 28.3. The van der Waals surface area contributed by atoms with E-state index in [1.54, 1.807) is 0 Å². The van der Waals surface area contributed by atoms with E-state index in [2.05, 4.69) is 0 Å². The molecule has 0 saturated carbocycles. The Morgan fingerprint density at radius 2 is 1.36 bits per heavy atom. The average molecular weight is 488 g/mol. The van der Waals surface area contributed by atoms with Crippen molar-refractivity contribution < 1.29 is 74.8 Å². The lowest BCUT2D eigenvalue weighted by molar-refractivity contribution is -0.335. The third-order valence-electron chi connectivity index (χ3n) is 5.61. The molecule has 2 heterocycles. The average Bonchev–Trinajstić information content (AvgIpc) is 2.81. The number of carbonyl (C=O) groups excluding carboxylic acids is 1. The monoisotopic (exact) mass is 488 g/mol. The van der Waals surface area contributed by atoms with Crippen LogP contribution in [0.4, 0.5) is 0 Å². The number of hydrogen-bond donors (Lipinski definition) is 10. The van der Waals surface area contributed by atoms with E-state index in [9.17, 15) is 55.9 Å². The molecular weight excluding hydrogens is 456 g/mol. The van der Waals surface area contributed by atoms with Gasteiger partial charge in [0.2, 0.25) is 0 Å². The van der Waals surface area contributed by atoms with Crippen LogP contribution < -0.4 is 0 Å². The summed E-state index contributed by atoms with van der Waals surface area (Å²) in [5.74, 6) is 0. The molecule has 33 heavy (non-hydrogen) atoms. The first-order valence-electron chi connectivity index (χ1n) is 10.2. The zero-order valence-electron chi connectivity index (χ0n) is 17.6. The largest absolute Gasteiger partial charge is 0.394 e. The molecule has 15 nitrogen and oxygen atoms in total. The molecule has 15 heteroatoms. The molecule has 0 bridgehead atoms. The molecule has 14 atom stereocenters. The Hall–Kier alpha value is -0.890. The van der Waals surface area contributed by atoms with Gasteiger partial charge in [0.25, 0.3) is 0 Å². The van der Waals surface area contributed by atoms with Gasteiger partial charge in [-0.2, -0.15) is 0 Å². The predicted molar refractivity (Wildman–Crippen MR) is 101 cm³/mol. The maximum atomic E-state index is 11.6. The summed E-state index contributed by atoms with van der Waals surface area (Å²) in [6, 6.07) is 0. The molecule has 2 fully saturated rings. The van der Waals surface area contributed by atoms with Crippen molar-refractivity contribution in [2.45, 2.75) is 92.8 Å². The van der Waals surface area contributed by atoms with Crippen molar-refractivity contribution in [3.8, 4) is 0 Å². The molecule has 0 radical (unpaired) electrons. The quantitative estimate of drug-likeness (QED) is 0.128. The number of hydrogen-bond acceptors (Lipinski definition) is 15. The molecule has 0 aromatic carbocycles. The van der Waals surface area contributed by atoms with Crippen molar-refractivity contribution in [3.05, 3.63) is 0 Å². The maximum Gasteiger partial charge on any atom is 0.187 e. The van der Waals surface area contributed by atoms with Crippen LogP contribution in [0.3, 0.4) is 0 Å². The summed E-state index contributed by atoms with van der Waals surface area (Å²) in [7, 11) is 0. The van der Waals surface area contributed by atoms with Gasteiger partial charge >= 0.3 is 0 Å². The lowest BCUT2D eigenvalue weighted by atomic mass is 9.98. The fourth-order valence-electron chi connectivity index (χ4n) is 3.50. The summed E-state index contributed by atoms with van der Waals surface area (Å²) in [5.41, 5.74) is 0. The summed E-state index contributed by atoms with van der Waals surface area (Å²) >= 11 is 0. The SMILES string of the molecule is C[C@@H]1O[C@@H](O[C@@H](C=O)[C@@H](O)[C@@H](O[C@@H]2O[C@H](CO)[C@@H](O)[C@H](O)[C@H]2O)[C@H](O)CO)[C@H](O)[C@H](O)[C@H]1O. The number of aliphatic hydroxyl groups is 10. The zero-order chi connectivity index (χ0) is 25.0. The Bertz CT molecular complexity index is 607. The van der Waals surface area contributed by atoms with Gasteiger partial charge in [-0.1, -0.05) is 0 Å². The standard InChI is InChI=1S/C18H32O15/c1-5-9(23)12(26)14(28)17(30-5)32-8(4-21)11(25)16(6(22)2-19)33-18-15(29)13(27)10(24)7(3-20)31-18/h4-20,22-29H,2-3H2,1H3/t5-,6+,7+,8-,9-,10+,11+,12+,13-,14+,15+,16-,17-,18-/m0/s1. The lowest BCUT2D eigenvalue weighted by Crippen LogP contribution is -2.62. The van der Waals surface area contributed by atoms with Gasteiger partial charge in [0, 0.05) is 0 Å². The number of carbonyl (C=O) groups is 1. The molecule has 2 aliphatic rings. The van der Waals surface area contributed by atoms with Crippen molar-refractivity contribution in [2.24, 2.45) is 0 Å². The van der Waals surface area contributed by atoms with E-state index in [1.807, 2.05) is 0 Å². The smallest absolute Gasteiger partial charge is 0.187 e. The van der Waals surface area contributed by atoms with E-state index < -0.39 is 99.0 Å². The highest BCUT2D eigenvalue weighted by molar-refractivity contribution is 5.57. The molecule has 0 aromatic heterocycles. The van der Waals surface area contributed by atoms with Crippen LogP contribution in [0, 0.1) is 0 Å². The first-order chi connectivity index (χ1) is 15.5. The zero-order valence-corrected chi connectivity index (χ0v) is 17.6. The molecule has 194 valence electrons. The number of aliphatic hydroxyl groups excluding tert-OH is 10. The summed E-state index contributed by atoms with van der Waals surface area (Å²) < 4.78 is 20.8. The Morgan fingerprint density at radius 3 is 1.88 bits per heavy atom. The Morgan fingerprint density at radius 1 is 0.818 bits per heavy atom. The normalized spacial score (nSPS) is 43.5. The van der Waals surface area contributed by atoms with E-state index in [0.717, 1.165) is 0 Å². The van der Waals surface area contributed by atoms with Gasteiger partial charge in [-0.15, -0.1) is 0 Å². The Labute approximate surface area is 187 Å². The van der Waals surface area contributed by atoms with Crippen molar-refractivity contribution in [2.75, 3.05) is 13.2 Å². The molecule has 2 saturated heterocycles. The van der Waals surface area contributed by atoms with Gasteiger partial charge in [-0.05, 0) is 6.92 Å². The third-order valence-corrected chi connectivity index (χ3v) is 5.61. The maximum absolute atomic E-state index is 11.6. The van der Waals surface area contributed by atoms with Crippen molar-refractivity contribution in [1.29, 1.82) is 0 Å². The molecule has 0 spiro atoms. The van der Waals surface area contributed by atoms with Crippen LogP contribution in [0.1, 0.15) is 6.92 Å². The minimum absolute atomic E-state index is 0.0522. The molecule has 2 aliphatic heterocycles. The fourth-order valence-corrected chi connectivity index (χ4v) is 3.50. The topological polar surface area (TPSA) is 256 Å². The highest BCUT2D eigenvalue weighted by atomic mass is 16.7. The second-order valence-corrected chi connectivity index (χ2v) is 7.96. The minimum Gasteiger partial charge on any atom is -0.394 e. The highest BCUT2D eigenvalue weighted by Gasteiger charge is 2.48. The summed E-state index contributed by atoms with van der Waals surface area (Å²) in [4.78, 5) is 11.6. The van der Waals surface area contributed by atoms with E-state index in [1.165, 1.54) is 6.92 Å². The summed E-state index contributed by atoms with van der Waals surface area (Å²) in [6.45, 7) is -0.442. The first-order valence-corrected chi connectivity index (χ1v) is 10.2. The third kappa shape index (κ3) is 6.22. The minimum atomic E-state index is -2.09. The lowest BCUT2D eigenvalue weighted by Gasteiger charge is -2.43. The van der Waals surface area contributed by atoms with Gasteiger partial charge in [0.15, 0.2) is 18.9 Å². The summed E-state index contributed by atoms with van der Waals surface area (Å²) in [5, 5.41) is 98.8. The van der Waals surface area contributed by atoms with Gasteiger partial charge < -0.3 is 74.8 Å². The fraction of sp³-hybridized carbons (Fsp3) is 0.944. The van der Waals surface area contributed by atoms with E-state index in [0.29, 0.717) is 0 Å². The number of aldehydes is 1. The highest BCUT2D eigenvalue weighted by Crippen LogP contribution is 2.27. The Balaban J connectivity index is 2.18. The van der Waals surface area contributed by atoms with Crippen LogP contribution >= 0.6 is 0 Å². The molecule has 0 amide bonds. The molecule has 0 unspecified atom stereocenters. The molecule has 0 aromatic rings.